The Hall–Kier alpha value is -3.70. The van der Waals surface area contributed by atoms with E-state index in [1.807, 2.05) is 0 Å². The molecule has 4 rings (SSSR count). The molecule has 11 heteroatoms. The summed E-state index contributed by atoms with van der Waals surface area (Å²) in [6.45, 7) is 1.36. The van der Waals surface area contributed by atoms with Crippen LogP contribution in [0.1, 0.15) is 28.8 Å². The van der Waals surface area contributed by atoms with Gasteiger partial charge in [-0.3, -0.25) is 29.4 Å². The van der Waals surface area contributed by atoms with Crippen molar-refractivity contribution in [3.63, 3.8) is 0 Å². The molecular weight excluding hydrogens is 474 g/mol. The van der Waals surface area contributed by atoms with Gasteiger partial charge in [-0.05, 0) is 72.6 Å². The van der Waals surface area contributed by atoms with Gasteiger partial charge < -0.3 is 14.8 Å². The number of carbonyl (C=O) groups is 3. The number of non-ortho nitro benzene ring substituents is 1. The number of rotatable bonds is 9. The number of thioether (sulfide) groups is 1. The van der Waals surface area contributed by atoms with Gasteiger partial charge in [0.05, 0.1) is 15.9 Å². The minimum Gasteiger partial charge on any atom is -0.491 e. The standard InChI is InChI=1S/C24H23N3O7S/c28-22(17-5-9-19(10-6-17)34-15-20-2-1-13-33-20)25-11-12-26-23(29)21(35-24(26)30)14-16-3-7-18(8-4-16)27(31)32/h3-10,14,20H,1-2,11-13,15H2,(H,25,28)/b21-14+. The molecule has 1 atom stereocenters. The maximum Gasteiger partial charge on any atom is 0.293 e. The average molecular weight is 498 g/mol. The minimum absolute atomic E-state index is 0.0244. The fourth-order valence-corrected chi connectivity index (χ4v) is 4.45. The lowest BCUT2D eigenvalue weighted by Crippen LogP contribution is -2.37. The normalized spacial score (nSPS) is 18.8. The largest absolute Gasteiger partial charge is 0.491 e. The molecule has 0 spiro atoms. The summed E-state index contributed by atoms with van der Waals surface area (Å²) in [5, 5.41) is 13.0. The number of hydrogen-bond acceptors (Lipinski definition) is 8. The predicted molar refractivity (Wildman–Crippen MR) is 129 cm³/mol. The third-order valence-electron chi connectivity index (χ3n) is 5.47. The lowest BCUT2D eigenvalue weighted by molar-refractivity contribution is -0.384. The molecule has 2 heterocycles. The molecule has 0 aromatic heterocycles. The second-order valence-corrected chi connectivity index (χ2v) is 8.90. The Kier molecular flexibility index (Phi) is 7.78. The van der Waals surface area contributed by atoms with E-state index >= 15 is 0 Å². The Morgan fingerprint density at radius 3 is 2.60 bits per heavy atom. The summed E-state index contributed by atoms with van der Waals surface area (Å²) < 4.78 is 11.2. The predicted octanol–water partition coefficient (Wildman–Crippen LogP) is 3.62. The van der Waals surface area contributed by atoms with E-state index in [-0.39, 0.29) is 35.7 Å². The van der Waals surface area contributed by atoms with E-state index in [1.54, 1.807) is 24.3 Å². The molecule has 2 fully saturated rings. The van der Waals surface area contributed by atoms with Gasteiger partial charge in [-0.15, -0.1) is 0 Å². The zero-order valence-corrected chi connectivity index (χ0v) is 19.5. The molecule has 2 aliphatic heterocycles. The van der Waals surface area contributed by atoms with Crippen LogP contribution in [0, 0.1) is 10.1 Å². The lowest BCUT2D eigenvalue weighted by Gasteiger charge is -2.13. The number of imide groups is 1. The van der Waals surface area contributed by atoms with Crippen molar-refractivity contribution in [1.82, 2.24) is 10.2 Å². The molecule has 3 amide bonds. The summed E-state index contributed by atoms with van der Waals surface area (Å²) in [5.74, 6) is -0.154. The van der Waals surface area contributed by atoms with Crippen LogP contribution in [-0.4, -0.2) is 59.3 Å². The highest BCUT2D eigenvalue weighted by Gasteiger charge is 2.34. The van der Waals surface area contributed by atoms with Gasteiger partial charge in [0.15, 0.2) is 0 Å². The number of hydrogen-bond donors (Lipinski definition) is 1. The molecule has 0 bridgehead atoms. The Morgan fingerprint density at radius 2 is 1.94 bits per heavy atom. The van der Waals surface area contributed by atoms with Crippen LogP contribution in [-0.2, 0) is 9.53 Å². The fourth-order valence-electron chi connectivity index (χ4n) is 3.59. The van der Waals surface area contributed by atoms with E-state index in [1.165, 1.54) is 30.3 Å². The van der Waals surface area contributed by atoms with Crippen LogP contribution in [0.3, 0.4) is 0 Å². The van der Waals surface area contributed by atoms with Crippen molar-refractivity contribution in [2.75, 3.05) is 26.3 Å². The van der Waals surface area contributed by atoms with Gasteiger partial charge in [-0.2, -0.15) is 0 Å². The van der Waals surface area contributed by atoms with Gasteiger partial charge in [0.25, 0.3) is 22.7 Å². The smallest absolute Gasteiger partial charge is 0.293 e. The Morgan fingerprint density at radius 1 is 1.20 bits per heavy atom. The van der Waals surface area contributed by atoms with Crippen molar-refractivity contribution in [3.05, 3.63) is 74.7 Å². The second kappa shape index (κ2) is 11.2. The number of amides is 3. The van der Waals surface area contributed by atoms with Crippen LogP contribution in [0.25, 0.3) is 6.08 Å². The fraction of sp³-hybridized carbons (Fsp3) is 0.292. The number of nitrogens with one attached hydrogen (secondary N) is 1. The van der Waals surface area contributed by atoms with Crippen molar-refractivity contribution in [1.29, 1.82) is 0 Å². The van der Waals surface area contributed by atoms with Crippen LogP contribution in [0.2, 0.25) is 0 Å². The molecule has 1 unspecified atom stereocenters. The molecule has 2 aromatic carbocycles. The molecule has 2 aromatic rings. The highest BCUT2D eigenvalue weighted by Crippen LogP contribution is 2.32. The number of nitro benzene ring substituents is 1. The average Bonchev–Trinajstić information content (AvgIpc) is 3.47. The van der Waals surface area contributed by atoms with E-state index in [9.17, 15) is 24.5 Å². The van der Waals surface area contributed by atoms with Gasteiger partial charge >= 0.3 is 0 Å². The minimum atomic E-state index is -0.513. The number of benzene rings is 2. The number of nitro groups is 1. The van der Waals surface area contributed by atoms with Crippen LogP contribution >= 0.6 is 11.8 Å². The highest BCUT2D eigenvalue weighted by atomic mass is 32.2. The van der Waals surface area contributed by atoms with E-state index in [2.05, 4.69) is 5.32 Å². The molecule has 0 saturated carbocycles. The zero-order valence-electron chi connectivity index (χ0n) is 18.7. The van der Waals surface area contributed by atoms with Crippen LogP contribution in [0.15, 0.2) is 53.4 Å². The SMILES string of the molecule is O=C(NCCN1C(=O)S/C(=C/c2ccc([N+](=O)[O-])cc2)C1=O)c1ccc(OCC2CCCO2)cc1. The first-order valence-electron chi connectivity index (χ1n) is 11.0. The third-order valence-corrected chi connectivity index (χ3v) is 6.38. The summed E-state index contributed by atoms with van der Waals surface area (Å²) in [7, 11) is 0. The first kappa shape index (κ1) is 24.4. The zero-order chi connectivity index (χ0) is 24.8. The van der Waals surface area contributed by atoms with E-state index in [0.29, 0.717) is 23.5 Å². The first-order valence-corrected chi connectivity index (χ1v) is 11.8. The first-order chi connectivity index (χ1) is 16.9. The maximum absolute atomic E-state index is 12.6. The molecule has 2 aliphatic rings. The quantitative estimate of drug-likeness (QED) is 0.316. The Labute approximate surface area is 205 Å². The van der Waals surface area contributed by atoms with Gasteiger partial charge in [-0.1, -0.05) is 0 Å². The van der Waals surface area contributed by atoms with Crippen LogP contribution in [0.4, 0.5) is 10.5 Å². The molecule has 0 aliphatic carbocycles. The topological polar surface area (TPSA) is 128 Å². The van der Waals surface area contributed by atoms with Crippen molar-refractivity contribution >= 4 is 40.6 Å². The summed E-state index contributed by atoms with van der Waals surface area (Å²) in [6.07, 6.45) is 3.64. The number of nitrogens with zero attached hydrogens (tertiary/aromatic N) is 2. The summed E-state index contributed by atoms with van der Waals surface area (Å²) >= 11 is 0.787. The second-order valence-electron chi connectivity index (χ2n) is 7.91. The molecule has 10 nitrogen and oxygen atoms in total. The monoisotopic (exact) mass is 497 g/mol. The van der Waals surface area contributed by atoms with Gasteiger partial charge in [0.2, 0.25) is 0 Å². The number of carbonyl (C=O) groups excluding carboxylic acids is 3. The number of ether oxygens (including phenoxy) is 2. The van der Waals surface area contributed by atoms with Gasteiger partial charge in [0, 0.05) is 37.4 Å². The van der Waals surface area contributed by atoms with Gasteiger partial charge in [0.1, 0.15) is 12.4 Å². The summed E-state index contributed by atoms with van der Waals surface area (Å²) in [6, 6.07) is 12.4. The highest BCUT2D eigenvalue weighted by molar-refractivity contribution is 8.18. The molecule has 2 saturated heterocycles. The van der Waals surface area contributed by atoms with E-state index in [0.717, 1.165) is 36.1 Å². The summed E-state index contributed by atoms with van der Waals surface area (Å²) in [5.41, 5.74) is 0.936. The molecule has 0 radical (unpaired) electrons. The van der Waals surface area contributed by atoms with Crippen LogP contribution in [0.5, 0.6) is 5.75 Å². The van der Waals surface area contributed by atoms with Crippen molar-refractivity contribution in [2.24, 2.45) is 0 Å². The molecular formula is C24H23N3O7S. The molecule has 1 N–H and O–H groups in total. The maximum atomic E-state index is 12.6. The molecule has 182 valence electrons. The van der Waals surface area contributed by atoms with E-state index < -0.39 is 16.1 Å². The van der Waals surface area contributed by atoms with Crippen LogP contribution < -0.4 is 10.1 Å². The van der Waals surface area contributed by atoms with Crippen molar-refractivity contribution in [2.45, 2.75) is 18.9 Å². The summed E-state index contributed by atoms with van der Waals surface area (Å²) in [4.78, 5) is 48.8. The lowest BCUT2D eigenvalue weighted by atomic mass is 10.2. The van der Waals surface area contributed by atoms with E-state index in [4.69, 9.17) is 9.47 Å². The Balaban J connectivity index is 1.26. The van der Waals surface area contributed by atoms with Gasteiger partial charge in [-0.25, -0.2) is 0 Å². The van der Waals surface area contributed by atoms with Crippen molar-refractivity contribution < 1.29 is 28.8 Å². The Bertz CT molecular complexity index is 1140. The third kappa shape index (κ3) is 6.25. The molecule has 35 heavy (non-hydrogen) atoms. The van der Waals surface area contributed by atoms with Crippen molar-refractivity contribution in [3.8, 4) is 5.75 Å².